The van der Waals surface area contributed by atoms with Crippen molar-refractivity contribution in [1.82, 2.24) is 19.9 Å². The van der Waals surface area contributed by atoms with E-state index in [4.69, 9.17) is 25.4 Å². The van der Waals surface area contributed by atoms with Gasteiger partial charge in [0, 0.05) is 117 Å². The summed E-state index contributed by atoms with van der Waals surface area (Å²) in [6.45, 7) is 10.6. The van der Waals surface area contributed by atoms with Gasteiger partial charge in [-0.15, -0.1) is 45.3 Å². The van der Waals surface area contributed by atoms with Crippen molar-refractivity contribution in [3.05, 3.63) is 288 Å². The van der Waals surface area contributed by atoms with E-state index in [0.29, 0.717) is 5.56 Å². The molecule has 20 aromatic rings. The van der Waals surface area contributed by atoms with Crippen LogP contribution in [0.5, 0.6) is 0 Å². The molecule has 1 saturated carbocycles. The number of nitrogens with zero attached hydrogens (tertiary/aromatic N) is 8. The van der Waals surface area contributed by atoms with Gasteiger partial charge in [-0.2, -0.15) is 18.3 Å². The normalized spacial score (nSPS) is 13.6. The van der Waals surface area contributed by atoms with E-state index in [2.05, 4.69) is 293 Å². The highest BCUT2D eigenvalue weighted by atomic mass is 32.1. The standard InChI is InChI=1S/C28H27N2S.C24H21N2S.C23H19N2S.C22H17N2S/c1-18-8-6-7-11-22(18)26-16-23-24-14-21-13-12-20(19-9-4-3-5-10-19)15-25(21)29-28(24)31-27(23)17-30(26)2;1-14-6-8-18(16(3)9-14)22-12-19-20-11-17-7-5-15(2)10-21(17)25-24(20)27-23(19)13-26(22)4;1-14-8-9-16-11-19-18-12-21(17-7-5-4-6-15(17)2)25(3)13-22(18)26-23(19)24-20(16)10-14;1-14-7-3-5-9-16(14)20-12-17-18-11-15-8-4-6-10-19(15)23-22(18)25-21(17)13-24(20)2/h6-8,11-17,19H,3-5,9-10H2,1-2H3;5-13H,1-4H3;4-13H,1-3H3;3-13H,1-2H3/q4*+1/i19D;1D3;;. The summed E-state index contributed by atoms with van der Waals surface area (Å²) in [5.74, 6) is -0.445. The maximum Gasteiger partial charge on any atom is 0.213 e. The molecular formula is C97H84N8S4+4. The average Bonchev–Trinajstić information content (AvgIpc) is 1.63. The molecule has 0 atom stereocenters. The Morgan fingerprint density at radius 3 is 1.05 bits per heavy atom. The molecule has 1 fully saturated rings. The number of aryl methyl sites for hydroxylation is 11. The predicted octanol–water partition coefficient (Wildman–Crippen LogP) is 24.6. The van der Waals surface area contributed by atoms with E-state index in [1.54, 1.807) is 57.5 Å². The molecule has 0 bridgehead atoms. The van der Waals surface area contributed by atoms with Crippen LogP contribution in [-0.4, -0.2) is 19.9 Å². The van der Waals surface area contributed by atoms with Crippen LogP contribution in [0.4, 0.5) is 0 Å². The fourth-order valence-electron chi connectivity index (χ4n) is 16.0. The van der Waals surface area contributed by atoms with Gasteiger partial charge in [0.25, 0.3) is 0 Å². The minimum Gasteiger partial charge on any atom is -0.237 e. The Hall–Kier alpha value is -11.1. The van der Waals surface area contributed by atoms with Crippen molar-refractivity contribution in [3.8, 4) is 45.0 Å². The number of para-hydroxylation sites is 1. The number of fused-ring (bicyclic) bond motifs is 16. The van der Waals surface area contributed by atoms with Gasteiger partial charge in [-0.1, -0.05) is 146 Å². The molecule has 1 aliphatic carbocycles. The molecular weight excluding hydrogens is 1410 g/mol. The van der Waals surface area contributed by atoms with Gasteiger partial charge < -0.3 is 0 Å². The highest BCUT2D eigenvalue weighted by Crippen LogP contribution is 2.42. The first kappa shape index (κ1) is 65.0. The Morgan fingerprint density at radius 2 is 0.651 bits per heavy atom. The highest BCUT2D eigenvalue weighted by Gasteiger charge is 2.24. The second-order valence-corrected chi connectivity index (χ2v) is 33.7. The second kappa shape index (κ2) is 28.5. The van der Waals surface area contributed by atoms with E-state index >= 15 is 0 Å². The fourth-order valence-corrected chi connectivity index (χ4v) is 20.5. The molecule has 21 rings (SSSR count). The van der Waals surface area contributed by atoms with Gasteiger partial charge in [-0.3, -0.25) is 0 Å². The van der Waals surface area contributed by atoms with Crippen molar-refractivity contribution in [2.45, 2.75) is 86.4 Å². The van der Waals surface area contributed by atoms with E-state index in [1.807, 2.05) is 26.1 Å². The second-order valence-electron chi connectivity index (χ2n) is 29.6. The maximum atomic E-state index is 9.01. The highest BCUT2D eigenvalue weighted by molar-refractivity contribution is 7.26. The topological polar surface area (TPSA) is 67.1 Å². The molecule has 12 heterocycles. The lowest BCUT2D eigenvalue weighted by Gasteiger charge is -2.22. The summed E-state index contributed by atoms with van der Waals surface area (Å²) in [6, 6.07) is 77.0. The largest absolute Gasteiger partial charge is 0.237 e. The van der Waals surface area contributed by atoms with Crippen molar-refractivity contribution < 1.29 is 23.8 Å². The molecule has 12 heteroatoms. The van der Waals surface area contributed by atoms with E-state index in [1.165, 1.54) is 135 Å². The molecule has 0 unspecified atom stereocenters. The quantitative estimate of drug-likeness (QED) is 0.161. The number of hydrogen-bond donors (Lipinski definition) is 0. The molecule has 1 aliphatic rings. The first-order chi connectivity index (χ1) is 54.5. The summed E-state index contributed by atoms with van der Waals surface area (Å²) >= 11 is 7.00. The lowest BCUT2D eigenvalue weighted by Crippen LogP contribution is -2.30. The van der Waals surface area contributed by atoms with Crippen LogP contribution in [0, 0.1) is 48.4 Å². The zero-order valence-electron chi connectivity index (χ0n) is 66.8. The number of benzene rings is 8. The van der Waals surface area contributed by atoms with Crippen LogP contribution in [0.2, 0.25) is 0 Å². The lowest BCUT2D eigenvalue weighted by atomic mass is 9.84. The molecule has 0 aliphatic heterocycles. The Kier molecular flexibility index (Phi) is 17.0. The van der Waals surface area contributed by atoms with E-state index in [-0.39, 0.29) is 0 Å². The number of pyridine rings is 8. The maximum absolute atomic E-state index is 9.01. The first-order valence-corrected chi connectivity index (χ1v) is 40.6. The van der Waals surface area contributed by atoms with Gasteiger partial charge in [0.15, 0.2) is 24.8 Å². The zero-order chi connectivity index (χ0) is 77.9. The molecule has 8 aromatic carbocycles. The van der Waals surface area contributed by atoms with Crippen molar-refractivity contribution in [3.63, 3.8) is 0 Å². The third-order valence-corrected chi connectivity index (χ3v) is 26.1. The molecule has 12 aromatic heterocycles. The van der Waals surface area contributed by atoms with Crippen LogP contribution >= 0.6 is 45.3 Å². The van der Waals surface area contributed by atoms with Crippen LogP contribution in [0.15, 0.2) is 243 Å². The van der Waals surface area contributed by atoms with Crippen LogP contribution < -0.4 is 18.3 Å². The summed E-state index contributed by atoms with van der Waals surface area (Å²) in [5.41, 5.74) is 22.6. The zero-order valence-corrected chi connectivity index (χ0v) is 66.1. The van der Waals surface area contributed by atoms with Gasteiger partial charge in [0.1, 0.15) is 66.3 Å². The van der Waals surface area contributed by atoms with Crippen molar-refractivity contribution in [1.29, 1.82) is 0 Å². The van der Waals surface area contributed by atoms with Gasteiger partial charge in [0.2, 0.25) is 22.8 Å². The van der Waals surface area contributed by atoms with E-state index < -0.39 is 12.7 Å². The van der Waals surface area contributed by atoms with Gasteiger partial charge in [-0.25, -0.2) is 19.9 Å². The monoisotopic (exact) mass is 1490 g/mol. The summed E-state index contributed by atoms with van der Waals surface area (Å²) in [6.07, 6.45) is 14.3. The molecule has 0 N–H and O–H groups in total. The minimum atomic E-state index is -2.09. The molecule has 0 radical (unpaired) electrons. The van der Waals surface area contributed by atoms with E-state index in [0.717, 1.165) is 106 Å². The van der Waals surface area contributed by atoms with Crippen molar-refractivity contribution >= 4 is 170 Å². The van der Waals surface area contributed by atoms with Gasteiger partial charge in [-0.05, 0) is 179 Å². The third kappa shape index (κ3) is 13.2. The first-order valence-electron chi connectivity index (χ1n) is 39.4. The fraction of sp³-hybridized carbons (Fsp3) is 0.175. The Balaban J connectivity index is 0.000000105. The van der Waals surface area contributed by atoms with Crippen molar-refractivity contribution in [2.75, 3.05) is 0 Å². The Labute approximate surface area is 656 Å². The molecule has 8 nitrogen and oxygen atoms in total. The number of rotatable bonds is 5. The SMILES string of the molecule is Cc1ccc2cc3c(nc2c1)sc1c[n+](C)c(-c2ccccc2C)cc13.Cc1ccccc1-c1cc2c(c[n+]1C)sc1nc3ccccc3cc12.[2H]C([2H])([2H])c1ccc(-c2cc3c(c[n+]2C)sc2nc4cc(C)ccc4cc23)c(C)c1.[2H]C1(c2ccc3cc4c(nc3c2)sc2c[n+](C)c(-c3ccccc3C)cc24)CCCCC1. The van der Waals surface area contributed by atoms with Crippen molar-refractivity contribution in [2.24, 2.45) is 28.2 Å². The van der Waals surface area contributed by atoms with Gasteiger partial charge in [0.05, 0.1) is 22.1 Å². The third-order valence-electron chi connectivity index (χ3n) is 21.9. The summed E-state index contributed by atoms with van der Waals surface area (Å²) < 4.78 is 45.8. The molecule has 0 amide bonds. The van der Waals surface area contributed by atoms with Crippen LogP contribution in [0.3, 0.4) is 0 Å². The summed E-state index contributed by atoms with van der Waals surface area (Å²) in [7, 11) is 8.40. The number of aromatic nitrogens is 8. The summed E-state index contributed by atoms with van der Waals surface area (Å²) in [5, 5.41) is 14.6. The number of hydrogen-bond acceptors (Lipinski definition) is 8. The van der Waals surface area contributed by atoms with Crippen LogP contribution in [0.25, 0.3) is 170 Å². The molecule has 0 spiro atoms. The minimum absolute atomic E-state index is 0.374. The van der Waals surface area contributed by atoms with E-state index in [9.17, 15) is 0 Å². The molecule has 109 heavy (non-hydrogen) atoms. The molecule has 532 valence electrons. The van der Waals surface area contributed by atoms with Crippen LogP contribution in [-0.2, 0) is 28.2 Å². The number of thiophene rings is 4. The Morgan fingerprint density at radius 1 is 0.312 bits per heavy atom. The average molecular weight is 1490 g/mol. The van der Waals surface area contributed by atoms with Crippen LogP contribution in [0.1, 0.15) is 88.0 Å². The Bertz CT molecular complexity index is 7270. The smallest absolute Gasteiger partial charge is 0.213 e. The van der Waals surface area contributed by atoms with Gasteiger partial charge >= 0.3 is 0 Å². The molecule has 0 saturated heterocycles. The predicted molar refractivity (Wildman–Crippen MR) is 464 cm³/mol. The summed E-state index contributed by atoms with van der Waals surface area (Å²) in [4.78, 5) is 24.1. The lowest BCUT2D eigenvalue weighted by molar-refractivity contribution is -0.659.